The lowest BCUT2D eigenvalue weighted by Gasteiger charge is -2.12. The van der Waals surface area contributed by atoms with Gasteiger partial charge >= 0.3 is 0 Å². The number of amides is 2. The largest absolute Gasteiger partial charge is 0.495 e. The number of hydrazine groups is 1. The highest BCUT2D eigenvalue weighted by Crippen LogP contribution is 2.24. The van der Waals surface area contributed by atoms with Crippen LogP contribution in [-0.4, -0.2) is 40.1 Å². The van der Waals surface area contributed by atoms with Crippen molar-refractivity contribution in [3.63, 3.8) is 0 Å². The Morgan fingerprint density at radius 3 is 2.46 bits per heavy atom. The molecule has 0 unspecified atom stereocenters. The highest BCUT2D eigenvalue weighted by molar-refractivity contribution is 7.92. The average Bonchev–Trinajstić information content (AvgIpc) is 2.65. The fourth-order valence-electron chi connectivity index (χ4n) is 2.15. The molecule has 0 bridgehead atoms. The SMILES string of the molecule is COc1ccccc1NCC(=O)NNC(=O)c1ccc(Cl)c(NS(C)(=O)=O)c1. The van der Waals surface area contributed by atoms with E-state index in [0.717, 1.165) is 6.26 Å². The number of ether oxygens (including phenoxy) is 1. The van der Waals surface area contributed by atoms with Gasteiger partial charge in [0.2, 0.25) is 10.0 Å². The van der Waals surface area contributed by atoms with Crippen molar-refractivity contribution in [3.8, 4) is 5.75 Å². The van der Waals surface area contributed by atoms with Crippen LogP contribution in [0.4, 0.5) is 11.4 Å². The Morgan fingerprint density at radius 1 is 1.07 bits per heavy atom. The van der Waals surface area contributed by atoms with Crippen LogP contribution in [0.25, 0.3) is 0 Å². The van der Waals surface area contributed by atoms with Crippen molar-refractivity contribution in [2.45, 2.75) is 0 Å². The zero-order valence-corrected chi connectivity index (χ0v) is 16.6. The predicted octanol–water partition coefficient (Wildman–Crippen LogP) is 1.59. The Morgan fingerprint density at radius 2 is 1.79 bits per heavy atom. The van der Waals surface area contributed by atoms with Crippen molar-refractivity contribution >= 4 is 44.8 Å². The van der Waals surface area contributed by atoms with Crippen LogP contribution in [0.5, 0.6) is 5.75 Å². The predicted molar refractivity (Wildman–Crippen MR) is 107 cm³/mol. The zero-order chi connectivity index (χ0) is 20.7. The molecule has 4 N–H and O–H groups in total. The maximum absolute atomic E-state index is 12.2. The minimum absolute atomic E-state index is 0.0565. The van der Waals surface area contributed by atoms with Crippen molar-refractivity contribution in [1.82, 2.24) is 10.9 Å². The van der Waals surface area contributed by atoms with E-state index in [2.05, 4.69) is 20.9 Å². The summed E-state index contributed by atoms with van der Waals surface area (Å²) < 4.78 is 30.1. The summed E-state index contributed by atoms with van der Waals surface area (Å²) in [7, 11) is -2.05. The van der Waals surface area contributed by atoms with Gasteiger partial charge < -0.3 is 10.1 Å². The summed E-state index contributed by atoms with van der Waals surface area (Å²) in [6.45, 7) is -0.109. The lowest BCUT2D eigenvalue weighted by molar-refractivity contribution is -0.120. The van der Waals surface area contributed by atoms with E-state index in [1.165, 1.54) is 25.3 Å². The normalized spacial score (nSPS) is 10.7. The van der Waals surface area contributed by atoms with Crippen LogP contribution in [-0.2, 0) is 14.8 Å². The Bertz CT molecular complexity index is 981. The summed E-state index contributed by atoms with van der Waals surface area (Å²) in [6.07, 6.45) is 0.963. The van der Waals surface area contributed by atoms with E-state index in [4.69, 9.17) is 16.3 Å². The molecule has 0 saturated carbocycles. The topological polar surface area (TPSA) is 126 Å². The summed E-state index contributed by atoms with van der Waals surface area (Å²) in [6, 6.07) is 11.1. The molecule has 0 aromatic heterocycles. The minimum atomic E-state index is -3.56. The molecule has 0 radical (unpaired) electrons. The third-order valence-electron chi connectivity index (χ3n) is 3.39. The molecule has 2 aromatic rings. The molecule has 11 heteroatoms. The molecule has 0 spiro atoms. The number of hydrogen-bond acceptors (Lipinski definition) is 6. The van der Waals surface area contributed by atoms with E-state index in [1.54, 1.807) is 24.3 Å². The fraction of sp³-hybridized carbons (Fsp3) is 0.176. The number of para-hydroxylation sites is 2. The molecule has 28 heavy (non-hydrogen) atoms. The molecular weight excluding hydrogens is 408 g/mol. The lowest BCUT2D eigenvalue weighted by atomic mass is 10.2. The molecule has 2 amide bonds. The number of rotatable bonds is 7. The number of anilines is 2. The molecule has 0 fully saturated rings. The number of methoxy groups -OCH3 is 1. The second-order valence-corrected chi connectivity index (χ2v) is 7.78. The van der Waals surface area contributed by atoms with E-state index in [9.17, 15) is 18.0 Å². The maximum atomic E-state index is 12.2. The van der Waals surface area contributed by atoms with Gasteiger partial charge in [-0.25, -0.2) is 8.42 Å². The Hall–Kier alpha value is -2.98. The smallest absolute Gasteiger partial charge is 0.269 e. The standard InChI is InChI=1S/C17H19ClN4O5S/c1-27-15-6-4-3-5-13(15)19-10-16(23)20-21-17(24)11-7-8-12(18)14(9-11)22-28(2,25)26/h3-9,19,22H,10H2,1-2H3,(H,20,23)(H,21,24). The van der Waals surface area contributed by atoms with Gasteiger partial charge in [0.25, 0.3) is 11.8 Å². The molecule has 9 nitrogen and oxygen atoms in total. The van der Waals surface area contributed by atoms with E-state index in [1.807, 2.05) is 0 Å². The number of carbonyl (C=O) groups is 2. The van der Waals surface area contributed by atoms with Gasteiger partial charge in [0.15, 0.2) is 0 Å². The van der Waals surface area contributed by atoms with Crippen LogP contribution >= 0.6 is 11.6 Å². The third kappa shape index (κ3) is 6.32. The van der Waals surface area contributed by atoms with Crippen molar-refractivity contribution in [3.05, 3.63) is 53.1 Å². The minimum Gasteiger partial charge on any atom is -0.495 e. The van der Waals surface area contributed by atoms with Crippen LogP contribution in [0.1, 0.15) is 10.4 Å². The molecule has 0 saturated heterocycles. The van der Waals surface area contributed by atoms with Gasteiger partial charge in [-0.2, -0.15) is 0 Å². The molecule has 0 aliphatic heterocycles. The molecule has 0 aliphatic carbocycles. The number of nitrogens with one attached hydrogen (secondary N) is 4. The molecule has 2 rings (SSSR count). The van der Waals surface area contributed by atoms with Gasteiger partial charge in [0, 0.05) is 5.56 Å². The van der Waals surface area contributed by atoms with E-state index < -0.39 is 21.8 Å². The molecule has 150 valence electrons. The second kappa shape index (κ2) is 9.29. The van der Waals surface area contributed by atoms with Crippen LogP contribution in [0.15, 0.2) is 42.5 Å². The summed E-state index contributed by atoms with van der Waals surface area (Å²) in [5, 5.41) is 3.02. The van der Waals surface area contributed by atoms with Gasteiger partial charge in [0.1, 0.15) is 5.75 Å². The zero-order valence-electron chi connectivity index (χ0n) is 15.1. The fourth-order valence-corrected chi connectivity index (χ4v) is 2.94. The first-order valence-electron chi connectivity index (χ1n) is 7.93. The van der Waals surface area contributed by atoms with Crippen LogP contribution in [0.3, 0.4) is 0 Å². The van der Waals surface area contributed by atoms with Crippen molar-refractivity contribution < 1.29 is 22.7 Å². The Balaban J connectivity index is 1.93. The van der Waals surface area contributed by atoms with Crippen molar-refractivity contribution in [1.29, 1.82) is 0 Å². The maximum Gasteiger partial charge on any atom is 0.269 e. The van der Waals surface area contributed by atoms with Crippen LogP contribution in [0, 0.1) is 0 Å². The Kier molecular flexibility index (Phi) is 7.07. The van der Waals surface area contributed by atoms with Gasteiger partial charge in [0.05, 0.1) is 36.3 Å². The first-order chi connectivity index (χ1) is 13.2. The van der Waals surface area contributed by atoms with E-state index >= 15 is 0 Å². The van der Waals surface area contributed by atoms with Crippen molar-refractivity contribution in [2.24, 2.45) is 0 Å². The first kappa shape index (κ1) is 21.3. The van der Waals surface area contributed by atoms with Crippen LogP contribution in [0.2, 0.25) is 5.02 Å². The second-order valence-electron chi connectivity index (χ2n) is 5.62. The lowest BCUT2D eigenvalue weighted by Crippen LogP contribution is -2.44. The van der Waals surface area contributed by atoms with Crippen molar-refractivity contribution in [2.75, 3.05) is 29.9 Å². The van der Waals surface area contributed by atoms with E-state index in [0.29, 0.717) is 11.4 Å². The molecule has 0 heterocycles. The highest BCUT2D eigenvalue weighted by Gasteiger charge is 2.12. The third-order valence-corrected chi connectivity index (χ3v) is 4.31. The average molecular weight is 427 g/mol. The number of hydrogen-bond donors (Lipinski definition) is 4. The molecular formula is C17H19ClN4O5S. The quantitative estimate of drug-likeness (QED) is 0.498. The molecule has 0 atom stereocenters. The summed E-state index contributed by atoms with van der Waals surface area (Å²) in [5.41, 5.74) is 5.29. The molecule has 0 aliphatic rings. The first-order valence-corrected chi connectivity index (χ1v) is 10.2. The number of sulfonamides is 1. The van der Waals surface area contributed by atoms with E-state index in [-0.39, 0.29) is 22.8 Å². The van der Waals surface area contributed by atoms with Gasteiger partial charge in [-0.1, -0.05) is 23.7 Å². The Labute approximate surface area is 167 Å². The highest BCUT2D eigenvalue weighted by atomic mass is 35.5. The number of halogens is 1. The number of benzene rings is 2. The summed E-state index contributed by atoms with van der Waals surface area (Å²) in [5.74, 6) is -0.562. The van der Waals surface area contributed by atoms with Gasteiger partial charge in [-0.15, -0.1) is 0 Å². The van der Waals surface area contributed by atoms with Crippen LogP contribution < -0.4 is 25.6 Å². The summed E-state index contributed by atoms with van der Waals surface area (Å²) >= 11 is 5.91. The number of carbonyl (C=O) groups excluding carboxylic acids is 2. The monoisotopic (exact) mass is 426 g/mol. The summed E-state index contributed by atoms with van der Waals surface area (Å²) in [4.78, 5) is 24.1. The van der Waals surface area contributed by atoms with Gasteiger partial charge in [-0.3, -0.25) is 25.2 Å². The van der Waals surface area contributed by atoms with Gasteiger partial charge in [-0.05, 0) is 30.3 Å². The molecule has 2 aromatic carbocycles.